The van der Waals surface area contributed by atoms with Crippen LogP contribution in [0.4, 0.5) is 0 Å². The van der Waals surface area contributed by atoms with Crippen molar-refractivity contribution in [1.29, 1.82) is 0 Å². The molecule has 0 aliphatic rings. The predicted molar refractivity (Wildman–Crippen MR) is 62.5 cm³/mol. The Kier molecular flexibility index (Phi) is 3.37. The van der Waals surface area contributed by atoms with Crippen molar-refractivity contribution in [3.8, 4) is 5.75 Å². The Morgan fingerprint density at radius 3 is 2.81 bits per heavy atom. The van der Waals surface area contributed by atoms with Crippen LogP contribution < -0.4 is 9.30 Å². The molecule has 0 saturated heterocycles. The molecule has 0 bridgehead atoms. The molecule has 2 aromatic rings. The van der Waals surface area contributed by atoms with Crippen molar-refractivity contribution in [1.82, 2.24) is 0 Å². The number of rotatable bonds is 4. The molecule has 3 nitrogen and oxygen atoms in total. The van der Waals surface area contributed by atoms with E-state index >= 15 is 0 Å². The highest BCUT2D eigenvalue weighted by atomic mass is 16.5. The number of benzene rings is 1. The molecule has 0 saturated carbocycles. The van der Waals surface area contributed by atoms with Gasteiger partial charge in [0.25, 0.3) is 0 Å². The van der Waals surface area contributed by atoms with Crippen LogP contribution in [-0.2, 0) is 11.8 Å². The van der Waals surface area contributed by atoms with E-state index in [-0.39, 0.29) is 0 Å². The average molecular weight is 218 g/mol. The first-order valence-corrected chi connectivity index (χ1v) is 5.30. The van der Waals surface area contributed by atoms with Crippen LogP contribution in [0.25, 0.3) is 10.8 Å². The van der Waals surface area contributed by atoms with Crippen molar-refractivity contribution in [3.63, 3.8) is 0 Å². The number of aromatic nitrogens is 1. The SMILES string of the molecule is COCCOc1ccc2c[n+](C)ccc2c1. The summed E-state index contributed by atoms with van der Waals surface area (Å²) in [5.74, 6) is 0.887. The molecule has 0 radical (unpaired) electrons. The van der Waals surface area contributed by atoms with E-state index < -0.39 is 0 Å². The minimum atomic E-state index is 0.586. The number of methoxy groups -OCH3 is 1. The Morgan fingerprint density at radius 1 is 1.12 bits per heavy atom. The molecule has 0 N–H and O–H groups in total. The van der Waals surface area contributed by atoms with Gasteiger partial charge in [0.2, 0.25) is 0 Å². The quantitative estimate of drug-likeness (QED) is 0.575. The smallest absolute Gasteiger partial charge is 0.176 e. The topological polar surface area (TPSA) is 22.3 Å². The van der Waals surface area contributed by atoms with Crippen molar-refractivity contribution in [2.45, 2.75) is 0 Å². The lowest BCUT2D eigenvalue weighted by Gasteiger charge is -2.05. The second-order valence-corrected chi connectivity index (χ2v) is 3.74. The molecule has 1 aromatic carbocycles. The first-order chi connectivity index (χ1) is 7.79. The highest BCUT2D eigenvalue weighted by Crippen LogP contribution is 2.19. The summed E-state index contributed by atoms with van der Waals surface area (Å²) in [4.78, 5) is 0. The van der Waals surface area contributed by atoms with Gasteiger partial charge in [0.15, 0.2) is 12.4 Å². The van der Waals surface area contributed by atoms with Crippen LogP contribution in [0.3, 0.4) is 0 Å². The molecule has 0 aliphatic carbocycles. The minimum Gasteiger partial charge on any atom is -0.491 e. The van der Waals surface area contributed by atoms with Crippen molar-refractivity contribution in [2.75, 3.05) is 20.3 Å². The van der Waals surface area contributed by atoms with Gasteiger partial charge in [-0.15, -0.1) is 0 Å². The molecule has 2 rings (SSSR count). The maximum Gasteiger partial charge on any atom is 0.176 e. The van der Waals surface area contributed by atoms with E-state index in [0.717, 1.165) is 5.75 Å². The summed E-state index contributed by atoms with van der Waals surface area (Å²) in [6.45, 7) is 1.20. The molecule has 0 unspecified atom stereocenters. The second-order valence-electron chi connectivity index (χ2n) is 3.74. The van der Waals surface area contributed by atoms with E-state index in [4.69, 9.17) is 9.47 Å². The van der Waals surface area contributed by atoms with E-state index in [1.807, 2.05) is 29.9 Å². The van der Waals surface area contributed by atoms with Crippen LogP contribution in [0, 0.1) is 0 Å². The van der Waals surface area contributed by atoms with Crippen LogP contribution in [0.15, 0.2) is 36.7 Å². The van der Waals surface area contributed by atoms with Gasteiger partial charge >= 0.3 is 0 Å². The van der Waals surface area contributed by atoms with Crippen LogP contribution >= 0.6 is 0 Å². The fourth-order valence-corrected chi connectivity index (χ4v) is 1.61. The fraction of sp³-hybridized carbons (Fsp3) is 0.308. The highest BCUT2D eigenvalue weighted by Gasteiger charge is 2.00. The van der Waals surface area contributed by atoms with Crippen molar-refractivity contribution in [3.05, 3.63) is 36.7 Å². The van der Waals surface area contributed by atoms with Gasteiger partial charge in [0.1, 0.15) is 19.4 Å². The molecular weight excluding hydrogens is 202 g/mol. The number of fused-ring (bicyclic) bond motifs is 1. The Hall–Kier alpha value is -1.61. The van der Waals surface area contributed by atoms with Crippen LogP contribution in [0.5, 0.6) is 5.75 Å². The summed E-state index contributed by atoms with van der Waals surface area (Å²) in [5.41, 5.74) is 0. The van der Waals surface area contributed by atoms with E-state index in [2.05, 4.69) is 18.3 Å². The lowest BCUT2D eigenvalue weighted by atomic mass is 10.2. The van der Waals surface area contributed by atoms with E-state index in [0.29, 0.717) is 13.2 Å². The number of ether oxygens (including phenoxy) is 2. The van der Waals surface area contributed by atoms with Crippen LogP contribution in [0.2, 0.25) is 0 Å². The maximum atomic E-state index is 5.55. The Balaban J connectivity index is 2.20. The van der Waals surface area contributed by atoms with Gasteiger partial charge in [0.05, 0.1) is 6.61 Å². The third kappa shape index (κ3) is 2.49. The standard InChI is InChI=1S/C13H16NO2/c1-14-6-5-11-9-13(16-8-7-15-2)4-3-12(11)10-14/h3-6,9-10H,7-8H2,1-2H3/q+1. The normalized spacial score (nSPS) is 10.6. The Labute approximate surface area is 95.2 Å². The molecule has 0 amide bonds. The number of aryl methyl sites for hydroxylation is 1. The van der Waals surface area contributed by atoms with E-state index in [9.17, 15) is 0 Å². The predicted octanol–water partition coefficient (Wildman–Crippen LogP) is 1.69. The van der Waals surface area contributed by atoms with E-state index in [1.54, 1.807) is 7.11 Å². The number of hydrogen-bond acceptors (Lipinski definition) is 2. The summed E-state index contributed by atoms with van der Waals surface area (Å²) in [5, 5.41) is 2.40. The second kappa shape index (κ2) is 4.94. The molecule has 0 fully saturated rings. The third-order valence-electron chi connectivity index (χ3n) is 2.45. The number of nitrogens with zero attached hydrogens (tertiary/aromatic N) is 1. The molecule has 16 heavy (non-hydrogen) atoms. The van der Waals surface area contributed by atoms with Gasteiger partial charge in [-0.1, -0.05) is 0 Å². The lowest BCUT2D eigenvalue weighted by molar-refractivity contribution is -0.670. The molecule has 1 heterocycles. The molecule has 1 aromatic heterocycles. The first-order valence-electron chi connectivity index (χ1n) is 5.30. The molecule has 3 heteroatoms. The zero-order valence-corrected chi connectivity index (χ0v) is 9.64. The monoisotopic (exact) mass is 218 g/mol. The summed E-state index contributed by atoms with van der Waals surface area (Å²) < 4.78 is 12.5. The van der Waals surface area contributed by atoms with Crippen molar-refractivity contribution >= 4 is 10.8 Å². The summed E-state index contributed by atoms with van der Waals surface area (Å²) >= 11 is 0. The van der Waals surface area contributed by atoms with Crippen molar-refractivity contribution < 1.29 is 14.0 Å². The summed E-state index contributed by atoms with van der Waals surface area (Å²) in [6.07, 6.45) is 4.12. The Bertz CT molecular complexity index is 482. The largest absolute Gasteiger partial charge is 0.491 e. The molecule has 0 atom stereocenters. The van der Waals surface area contributed by atoms with Crippen LogP contribution in [-0.4, -0.2) is 20.3 Å². The van der Waals surface area contributed by atoms with E-state index in [1.165, 1.54) is 10.8 Å². The lowest BCUT2D eigenvalue weighted by Crippen LogP contribution is -2.25. The van der Waals surface area contributed by atoms with Crippen LogP contribution in [0.1, 0.15) is 0 Å². The first kappa shape index (κ1) is 10.9. The average Bonchev–Trinajstić information content (AvgIpc) is 2.29. The van der Waals surface area contributed by atoms with Gasteiger partial charge in [-0.2, -0.15) is 0 Å². The molecular formula is C13H16NO2+. The molecule has 0 aliphatic heterocycles. The fourth-order valence-electron chi connectivity index (χ4n) is 1.61. The molecule has 0 spiro atoms. The van der Waals surface area contributed by atoms with Gasteiger partial charge in [-0.3, -0.25) is 0 Å². The highest BCUT2D eigenvalue weighted by molar-refractivity contribution is 5.82. The van der Waals surface area contributed by atoms with Gasteiger partial charge in [-0.25, -0.2) is 4.57 Å². The molecule has 84 valence electrons. The zero-order valence-electron chi connectivity index (χ0n) is 9.64. The summed E-state index contributed by atoms with van der Waals surface area (Å²) in [7, 11) is 3.69. The summed E-state index contributed by atoms with van der Waals surface area (Å²) in [6, 6.07) is 8.18. The van der Waals surface area contributed by atoms with Gasteiger partial charge < -0.3 is 9.47 Å². The van der Waals surface area contributed by atoms with Gasteiger partial charge in [-0.05, 0) is 23.6 Å². The minimum absolute atomic E-state index is 0.586. The third-order valence-corrected chi connectivity index (χ3v) is 2.45. The number of hydrogen-bond donors (Lipinski definition) is 0. The Morgan fingerprint density at radius 2 is 2.00 bits per heavy atom. The maximum absolute atomic E-state index is 5.55. The van der Waals surface area contributed by atoms with Gasteiger partial charge in [0, 0.05) is 18.6 Å². The number of pyridine rings is 1. The zero-order chi connectivity index (χ0) is 11.4. The van der Waals surface area contributed by atoms with Crippen molar-refractivity contribution in [2.24, 2.45) is 7.05 Å².